The third-order valence-corrected chi connectivity index (χ3v) is 5.02. The lowest BCUT2D eigenvalue weighted by Crippen LogP contribution is -2.46. The molecule has 0 aromatic heterocycles. The van der Waals surface area contributed by atoms with Crippen molar-refractivity contribution in [2.45, 2.75) is 57.5 Å². The van der Waals surface area contributed by atoms with E-state index in [1.54, 1.807) is 0 Å². The van der Waals surface area contributed by atoms with Gasteiger partial charge in [0, 0.05) is 26.7 Å². The molecule has 0 radical (unpaired) electrons. The lowest BCUT2D eigenvalue weighted by Gasteiger charge is -2.40. The molecule has 106 valence electrons. The number of likely N-dealkylation sites (tertiary alicyclic amines) is 1. The third-order valence-electron chi connectivity index (χ3n) is 5.02. The van der Waals surface area contributed by atoms with Gasteiger partial charge in [-0.1, -0.05) is 25.7 Å². The number of ether oxygens (including phenoxy) is 1. The zero-order valence-electron chi connectivity index (χ0n) is 12.0. The molecule has 0 amide bonds. The molecule has 1 saturated heterocycles. The molecule has 1 heterocycles. The molecule has 3 heteroatoms. The predicted molar refractivity (Wildman–Crippen MR) is 75.7 cm³/mol. The fourth-order valence-corrected chi connectivity index (χ4v) is 3.68. The second-order valence-electron chi connectivity index (χ2n) is 6.33. The van der Waals surface area contributed by atoms with Crippen molar-refractivity contribution in [2.24, 2.45) is 11.1 Å². The molecule has 0 bridgehead atoms. The molecule has 0 spiro atoms. The highest BCUT2D eigenvalue weighted by molar-refractivity contribution is 4.87. The Bertz CT molecular complexity index is 229. The Kier molecular flexibility index (Phi) is 5.46. The summed E-state index contributed by atoms with van der Waals surface area (Å²) in [6.07, 6.45) is 11.1. The van der Waals surface area contributed by atoms with Gasteiger partial charge in [0.25, 0.3) is 0 Å². The number of methoxy groups -OCH3 is 1. The standard InChI is InChI=1S/C15H30N2O/c1-18-14-6-10-17(11-7-14)13-15(12-16)8-4-2-3-5-9-15/h14H,2-13,16H2,1H3. The van der Waals surface area contributed by atoms with Gasteiger partial charge in [0.1, 0.15) is 0 Å². The van der Waals surface area contributed by atoms with Crippen molar-refractivity contribution >= 4 is 0 Å². The summed E-state index contributed by atoms with van der Waals surface area (Å²) in [7, 11) is 1.84. The molecule has 0 atom stereocenters. The van der Waals surface area contributed by atoms with E-state index in [1.165, 1.54) is 71.0 Å². The maximum absolute atomic E-state index is 6.13. The van der Waals surface area contributed by atoms with Crippen molar-refractivity contribution in [2.75, 3.05) is 33.3 Å². The molecule has 1 aliphatic carbocycles. The van der Waals surface area contributed by atoms with Crippen LogP contribution in [0, 0.1) is 5.41 Å². The molecule has 0 aromatic carbocycles. The Morgan fingerprint density at radius 3 is 2.22 bits per heavy atom. The van der Waals surface area contributed by atoms with Crippen LogP contribution in [0.4, 0.5) is 0 Å². The Balaban J connectivity index is 1.85. The van der Waals surface area contributed by atoms with E-state index in [9.17, 15) is 0 Å². The van der Waals surface area contributed by atoms with Crippen LogP contribution in [0.3, 0.4) is 0 Å². The quantitative estimate of drug-likeness (QED) is 0.783. The lowest BCUT2D eigenvalue weighted by molar-refractivity contribution is 0.0244. The summed E-state index contributed by atoms with van der Waals surface area (Å²) in [5.41, 5.74) is 6.54. The van der Waals surface area contributed by atoms with Crippen LogP contribution in [0.1, 0.15) is 51.4 Å². The van der Waals surface area contributed by atoms with Gasteiger partial charge < -0.3 is 15.4 Å². The second kappa shape index (κ2) is 6.88. The molecule has 2 rings (SSSR count). The molecule has 1 saturated carbocycles. The maximum Gasteiger partial charge on any atom is 0.0595 e. The van der Waals surface area contributed by atoms with Crippen molar-refractivity contribution in [1.29, 1.82) is 0 Å². The summed E-state index contributed by atoms with van der Waals surface area (Å²) < 4.78 is 5.45. The van der Waals surface area contributed by atoms with E-state index >= 15 is 0 Å². The molecule has 2 aliphatic rings. The summed E-state index contributed by atoms with van der Waals surface area (Å²) in [6.45, 7) is 4.48. The minimum atomic E-state index is 0.413. The van der Waals surface area contributed by atoms with Crippen LogP contribution in [0.15, 0.2) is 0 Å². The number of nitrogens with zero attached hydrogens (tertiary/aromatic N) is 1. The first-order valence-corrected chi connectivity index (χ1v) is 7.73. The maximum atomic E-state index is 6.13. The largest absolute Gasteiger partial charge is 0.381 e. The van der Waals surface area contributed by atoms with E-state index in [4.69, 9.17) is 10.5 Å². The molecule has 3 nitrogen and oxygen atoms in total. The van der Waals surface area contributed by atoms with Crippen LogP contribution in [0.5, 0.6) is 0 Å². The smallest absolute Gasteiger partial charge is 0.0595 e. The zero-order chi connectivity index (χ0) is 12.8. The second-order valence-corrected chi connectivity index (χ2v) is 6.33. The van der Waals surface area contributed by atoms with E-state index < -0.39 is 0 Å². The number of hydrogen-bond acceptors (Lipinski definition) is 3. The average molecular weight is 254 g/mol. The van der Waals surface area contributed by atoms with Gasteiger partial charge in [-0.05, 0) is 37.6 Å². The lowest BCUT2D eigenvalue weighted by atomic mass is 9.79. The van der Waals surface area contributed by atoms with Crippen LogP contribution in [-0.2, 0) is 4.74 Å². The van der Waals surface area contributed by atoms with Crippen LogP contribution in [-0.4, -0.2) is 44.3 Å². The molecule has 1 aliphatic heterocycles. The number of hydrogen-bond donors (Lipinski definition) is 1. The van der Waals surface area contributed by atoms with E-state index in [2.05, 4.69) is 4.90 Å². The highest BCUT2D eigenvalue weighted by Gasteiger charge is 2.32. The monoisotopic (exact) mass is 254 g/mol. The SMILES string of the molecule is COC1CCN(CC2(CN)CCCCCC2)CC1. The summed E-state index contributed by atoms with van der Waals surface area (Å²) in [6, 6.07) is 0. The fraction of sp³-hybridized carbons (Fsp3) is 1.00. The third kappa shape index (κ3) is 3.69. The van der Waals surface area contributed by atoms with Crippen LogP contribution < -0.4 is 5.73 Å². The Hall–Kier alpha value is -0.120. The number of rotatable bonds is 4. The molecule has 0 aromatic rings. The van der Waals surface area contributed by atoms with Gasteiger partial charge in [0.2, 0.25) is 0 Å². The minimum absolute atomic E-state index is 0.413. The summed E-state index contributed by atoms with van der Waals surface area (Å²) in [5, 5.41) is 0. The molecular weight excluding hydrogens is 224 g/mol. The first kappa shape index (κ1) is 14.3. The van der Waals surface area contributed by atoms with E-state index in [0.717, 1.165) is 6.54 Å². The summed E-state index contributed by atoms with van der Waals surface area (Å²) in [5.74, 6) is 0. The Labute approximate surface area is 112 Å². The van der Waals surface area contributed by atoms with Crippen molar-refractivity contribution < 1.29 is 4.74 Å². The van der Waals surface area contributed by atoms with Gasteiger partial charge >= 0.3 is 0 Å². The molecule has 18 heavy (non-hydrogen) atoms. The molecule has 0 unspecified atom stereocenters. The zero-order valence-corrected chi connectivity index (χ0v) is 12.0. The van der Waals surface area contributed by atoms with Crippen molar-refractivity contribution in [3.8, 4) is 0 Å². The van der Waals surface area contributed by atoms with E-state index in [1.807, 2.05) is 7.11 Å². The fourth-order valence-electron chi connectivity index (χ4n) is 3.68. The van der Waals surface area contributed by atoms with Gasteiger partial charge in [-0.25, -0.2) is 0 Å². The predicted octanol–water partition coefficient (Wildman–Crippen LogP) is 2.40. The van der Waals surface area contributed by atoms with Crippen LogP contribution in [0.25, 0.3) is 0 Å². The average Bonchev–Trinajstić information content (AvgIpc) is 2.66. The van der Waals surface area contributed by atoms with Gasteiger partial charge in [0.15, 0.2) is 0 Å². The summed E-state index contributed by atoms with van der Waals surface area (Å²) in [4.78, 5) is 2.63. The first-order chi connectivity index (χ1) is 8.78. The Morgan fingerprint density at radius 2 is 1.72 bits per heavy atom. The van der Waals surface area contributed by atoms with E-state index in [-0.39, 0.29) is 0 Å². The number of nitrogens with two attached hydrogens (primary N) is 1. The van der Waals surface area contributed by atoms with Crippen molar-refractivity contribution in [1.82, 2.24) is 4.90 Å². The topological polar surface area (TPSA) is 38.5 Å². The van der Waals surface area contributed by atoms with Crippen LogP contribution in [0.2, 0.25) is 0 Å². The van der Waals surface area contributed by atoms with Gasteiger partial charge in [-0.15, -0.1) is 0 Å². The summed E-state index contributed by atoms with van der Waals surface area (Å²) >= 11 is 0. The van der Waals surface area contributed by atoms with Gasteiger partial charge in [-0.3, -0.25) is 0 Å². The highest BCUT2D eigenvalue weighted by Crippen LogP contribution is 2.35. The van der Waals surface area contributed by atoms with Crippen LogP contribution >= 0.6 is 0 Å². The molecule has 2 fully saturated rings. The Morgan fingerprint density at radius 1 is 1.11 bits per heavy atom. The van der Waals surface area contributed by atoms with Gasteiger partial charge in [0.05, 0.1) is 6.10 Å². The normalized spacial score (nSPS) is 27.0. The van der Waals surface area contributed by atoms with Crippen molar-refractivity contribution in [3.63, 3.8) is 0 Å². The highest BCUT2D eigenvalue weighted by atomic mass is 16.5. The van der Waals surface area contributed by atoms with E-state index in [0.29, 0.717) is 11.5 Å². The first-order valence-electron chi connectivity index (χ1n) is 7.73. The van der Waals surface area contributed by atoms with Gasteiger partial charge in [-0.2, -0.15) is 0 Å². The molecule has 2 N–H and O–H groups in total. The minimum Gasteiger partial charge on any atom is -0.381 e. The number of piperidine rings is 1. The molecular formula is C15H30N2O. The van der Waals surface area contributed by atoms with Crippen molar-refractivity contribution in [3.05, 3.63) is 0 Å².